The van der Waals surface area contributed by atoms with Gasteiger partial charge in [0.15, 0.2) is 10.3 Å². The number of hydrogen-bond donors (Lipinski definition) is 4. The van der Waals surface area contributed by atoms with E-state index in [1.807, 2.05) is 0 Å². The molecule has 1 aromatic heterocycles. The molecule has 1 aliphatic heterocycles. The minimum Gasteiger partial charge on any atom is -0.384 e. The van der Waals surface area contributed by atoms with Crippen LogP contribution in [0.1, 0.15) is 32.1 Å². The van der Waals surface area contributed by atoms with E-state index in [1.165, 1.54) is 25.3 Å². The minimum absolute atomic E-state index is 0.331. The molecular weight excluding hydrogens is 436 g/mol. The van der Waals surface area contributed by atoms with Gasteiger partial charge in [-0.2, -0.15) is 4.39 Å². The summed E-state index contributed by atoms with van der Waals surface area (Å²) in [5, 5.41) is 10.6. The summed E-state index contributed by atoms with van der Waals surface area (Å²) in [7, 11) is 0. The highest BCUT2D eigenvalue weighted by Crippen LogP contribution is 2.32. The summed E-state index contributed by atoms with van der Waals surface area (Å²) in [5.74, 6) is -0.395. The van der Waals surface area contributed by atoms with Gasteiger partial charge in [0.1, 0.15) is 5.82 Å². The number of rotatable bonds is 12. The third-order valence-corrected chi connectivity index (χ3v) is 6.65. The fourth-order valence-electron chi connectivity index (χ4n) is 3.14. The quantitative estimate of drug-likeness (QED) is 0.260. The number of halogens is 3. The first kappa shape index (κ1) is 22.6. The summed E-state index contributed by atoms with van der Waals surface area (Å²) in [5.41, 5.74) is 0.578. The van der Waals surface area contributed by atoms with Crippen LogP contribution in [0.5, 0.6) is 0 Å². The third kappa shape index (κ3) is 7.57. The molecule has 1 fully saturated rings. The van der Waals surface area contributed by atoms with Crippen molar-refractivity contribution in [2.75, 3.05) is 36.2 Å². The van der Waals surface area contributed by atoms with Crippen LogP contribution in [0, 0.1) is 10.9 Å². The lowest BCUT2D eigenvalue weighted by atomic mass is 10.1. The van der Waals surface area contributed by atoms with E-state index in [0.29, 0.717) is 26.8 Å². The van der Waals surface area contributed by atoms with Gasteiger partial charge in [0.2, 0.25) is 0 Å². The zero-order valence-corrected chi connectivity index (χ0v) is 18.5. The van der Waals surface area contributed by atoms with Crippen molar-refractivity contribution >= 4 is 45.7 Å². The van der Waals surface area contributed by atoms with E-state index in [4.69, 9.17) is 11.6 Å². The predicted molar refractivity (Wildman–Crippen MR) is 119 cm³/mol. The molecule has 160 valence electrons. The van der Waals surface area contributed by atoms with Gasteiger partial charge in [-0.05, 0) is 75.8 Å². The summed E-state index contributed by atoms with van der Waals surface area (Å²) in [4.78, 5) is 4.16. The van der Waals surface area contributed by atoms with Gasteiger partial charge >= 0.3 is 0 Å². The predicted octanol–water partition coefficient (Wildman–Crippen LogP) is 5.12. The van der Waals surface area contributed by atoms with Crippen molar-refractivity contribution in [3.8, 4) is 0 Å². The molecule has 10 heteroatoms. The van der Waals surface area contributed by atoms with Crippen LogP contribution < -0.4 is 20.7 Å². The Bertz CT molecular complexity index is 771. The molecule has 1 aromatic carbocycles. The van der Waals surface area contributed by atoms with Gasteiger partial charge in [-0.15, -0.1) is 0 Å². The first-order chi connectivity index (χ1) is 14.1. The maximum absolute atomic E-state index is 14.3. The van der Waals surface area contributed by atoms with Crippen LogP contribution in [0.25, 0.3) is 0 Å². The Balaban J connectivity index is 1.32. The van der Waals surface area contributed by atoms with Crippen molar-refractivity contribution in [1.29, 1.82) is 0 Å². The summed E-state index contributed by atoms with van der Waals surface area (Å²) < 4.78 is 30.1. The summed E-state index contributed by atoms with van der Waals surface area (Å²) in [6, 6.07) is 3.63. The number of benzene rings is 1. The lowest BCUT2D eigenvalue weighted by Crippen LogP contribution is -2.27. The molecule has 1 aliphatic rings. The zero-order chi connectivity index (χ0) is 20.5. The van der Waals surface area contributed by atoms with Crippen LogP contribution in [0.2, 0.25) is 5.02 Å². The molecule has 0 radical (unpaired) electrons. The van der Waals surface area contributed by atoms with E-state index in [9.17, 15) is 8.78 Å². The molecule has 1 atom stereocenters. The maximum atomic E-state index is 14.3. The molecule has 29 heavy (non-hydrogen) atoms. The Morgan fingerprint density at radius 1 is 1.24 bits per heavy atom. The Hall–Kier alpha value is -1.13. The molecule has 0 amide bonds. The van der Waals surface area contributed by atoms with Crippen molar-refractivity contribution < 1.29 is 8.78 Å². The molecular formula is C19H26ClF2N5S2. The van der Waals surface area contributed by atoms with Gasteiger partial charge in [0, 0.05) is 12.6 Å². The maximum Gasteiger partial charge on any atom is 0.198 e. The van der Waals surface area contributed by atoms with Gasteiger partial charge < -0.3 is 20.7 Å². The first-order valence-corrected chi connectivity index (χ1v) is 11.8. The second-order valence-corrected chi connectivity index (χ2v) is 9.14. The van der Waals surface area contributed by atoms with Gasteiger partial charge in [-0.25, -0.2) is 9.37 Å². The molecule has 0 aliphatic carbocycles. The standard InChI is InChI=1S/C19H26ClF2N5S2/c20-14-10-17(29-27-19-26-12-18(22)28-19)15(21)11-16(14)25-7-2-1-6-23-9-5-13-4-3-8-24-13/h10-13,23-25H,1-9H2,(H,26,27)/t13-/m0/s1. The molecule has 3 rings (SSSR count). The highest BCUT2D eigenvalue weighted by atomic mass is 35.5. The molecule has 0 bridgehead atoms. The molecule has 5 nitrogen and oxygen atoms in total. The van der Waals surface area contributed by atoms with Crippen molar-refractivity contribution in [2.24, 2.45) is 0 Å². The van der Waals surface area contributed by atoms with Gasteiger partial charge in [-0.1, -0.05) is 22.9 Å². The third-order valence-electron chi connectivity index (χ3n) is 4.68. The Labute approximate surface area is 183 Å². The van der Waals surface area contributed by atoms with Gasteiger partial charge in [-0.3, -0.25) is 0 Å². The second-order valence-electron chi connectivity index (χ2n) is 6.90. The number of aromatic nitrogens is 1. The van der Waals surface area contributed by atoms with Crippen molar-refractivity contribution in [3.63, 3.8) is 0 Å². The van der Waals surface area contributed by atoms with E-state index in [2.05, 4.69) is 25.7 Å². The fraction of sp³-hybridized carbons (Fsp3) is 0.526. The fourth-order valence-corrected chi connectivity index (χ4v) is 4.71. The van der Waals surface area contributed by atoms with Crippen LogP contribution in [-0.4, -0.2) is 37.2 Å². The number of thiazole rings is 1. The van der Waals surface area contributed by atoms with Crippen LogP contribution in [0.15, 0.2) is 23.2 Å². The molecule has 4 N–H and O–H groups in total. The molecule has 2 aromatic rings. The number of nitrogens with one attached hydrogen (secondary N) is 4. The van der Waals surface area contributed by atoms with E-state index < -0.39 is 10.9 Å². The average molecular weight is 462 g/mol. The molecule has 0 spiro atoms. The average Bonchev–Trinajstić information content (AvgIpc) is 3.36. The second kappa shape index (κ2) is 11.9. The van der Waals surface area contributed by atoms with E-state index >= 15 is 0 Å². The largest absolute Gasteiger partial charge is 0.384 e. The van der Waals surface area contributed by atoms with Crippen LogP contribution in [0.4, 0.5) is 19.6 Å². The molecule has 1 saturated heterocycles. The summed E-state index contributed by atoms with van der Waals surface area (Å²) in [6.45, 7) is 3.91. The molecule has 0 unspecified atom stereocenters. The topological polar surface area (TPSA) is 61.0 Å². The number of nitrogens with zero attached hydrogens (tertiary/aromatic N) is 1. The Morgan fingerprint density at radius 2 is 2.10 bits per heavy atom. The number of unbranched alkanes of at least 4 members (excludes halogenated alkanes) is 1. The highest BCUT2D eigenvalue weighted by Gasteiger charge is 2.13. The van der Waals surface area contributed by atoms with Crippen molar-refractivity contribution in [2.45, 2.75) is 43.0 Å². The normalized spacial score (nSPS) is 16.3. The molecule has 2 heterocycles. The lowest BCUT2D eigenvalue weighted by Gasteiger charge is -2.12. The Morgan fingerprint density at radius 3 is 2.86 bits per heavy atom. The van der Waals surface area contributed by atoms with Crippen LogP contribution >= 0.6 is 34.9 Å². The van der Waals surface area contributed by atoms with E-state index in [0.717, 1.165) is 68.5 Å². The van der Waals surface area contributed by atoms with E-state index in [1.54, 1.807) is 6.07 Å². The van der Waals surface area contributed by atoms with Crippen LogP contribution in [-0.2, 0) is 0 Å². The van der Waals surface area contributed by atoms with Gasteiger partial charge in [0.25, 0.3) is 0 Å². The molecule has 0 saturated carbocycles. The summed E-state index contributed by atoms with van der Waals surface area (Å²) >= 11 is 8.15. The zero-order valence-electron chi connectivity index (χ0n) is 16.1. The SMILES string of the molecule is Fc1cnc(NSc2cc(Cl)c(NCCCCNCC[C@@H]3CCCN3)cc2F)s1. The lowest BCUT2D eigenvalue weighted by molar-refractivity contribution is 0.517. The van der Waals surface area contributed by atoms with Crippen molar-refractivity contribution in [3.05, 3.63) is 34.3 Å². The number of hydrogen-bond acceptors (Lipinski definition) is 7. The minimum atomic E-state index is -0.396. The Kier molecular flexibility index (Phi) is 9.26. The van der Waals surface area contributed by atoms with Gasteiger partial charge in [0.05, 0.1) is 21.8 Å². The van der Waals surface area contributed by atoms with Crippen molar-refractivity contribution in [1.82, 2.24) is 15.6 Å². The number of anilines is 2. The van der Waals surface area contributed by atoms with Crippen LogP contribution in [0.3, 0.4) is 0 Å². The first-order valence-electron chi connectivity index (χ1n) is 9.83. The summed E-state index contributed by atoms with van der Waals surface area (Å²) in [6.07, 6.45) is 6.91. The highest BCUT2D eigenvalue weighted by molar-refractivity contribution is 8.00. The van der Waals surface area contributed by atoms with E-state index in [-0.39, 0.29) is 0 Å². The smallest absolute Gasteiger partial charge is 0.198 e. The monoisotopic (exact) mass is 461 g/mol.